The normalized spacial score (nSPS) is 21.4. The third-order valence-corrected chi connectivity index (χ3v) is 4.75. The zero-order valence-corrected chi connectivity index (χ0v) is 12.8. The zero-order chi connectivity index (χ0) is 14.0. The van der Waals surface area contributed by atoms with E-state index < -0.39 is 0 Å². The van der Waals surface area contributed by atoms with Gasteiger partial charge in [-0.1, -0.05) is 12.5 Å². The van der Waals surface area contributed by atoms with Gasteiger partial charge in [-0.05, 0) is 81.3 Å². The Balaban J connectivity index is 2.20. The third kappa shape index (κ3) is 3.18. The first-order valence-electron chi connectivity index (χ1n) is 7.57. The van der Waals surface area contributed by atoms with Crippen LogP contribution in [0.1, 0.15) is 59.5 Å². The molecule has 2 atom stereocenters. The first-order chi connectivity index (χ1) is 9.00. The fourth-order valence-electron chi connectivity index (χ4n) is 3.35. The Bertz CT molecular complexity index is 419. The maximum atomic E-state index is 6.53. The predicted molar refractivity (Wildman–Crippen MR) is 82.6 cm³/mol. The van der Waals surface area contributed by atoms with E-state index in [4.69, 9.17) is 5.73 Å². The minimum atomic E-state index is 0.161. The molecule has 0 spiro atoms. The fourth-order valence-corrected chi connectivity index (χ4v) is 3.35. The number of hydrogen-bond acceptors (Lipinski definition) is 2. The number of piperidine rings is 1. The SMILES string of the molecule is Cc1cc(C)c(C)c(C(N)CC2CCCCN2)c1C. The molecule has 0 aliphatic carbocycles. The van der Waals surface area contributed by atoms with Crippen LogP contribution in [0.15, 0.2) is 6.07 Å². The van der Waals surface area contributed by atoms with Gasteiger partial charge in [-0.15, -0.1) is 0 Å². The summed E-state index contributed by atoms with van der Waals surface area (Å²) in [5, 5.41) is 3.61. The van der Waals surface area contributed by atoms with Crippen molar-refractivity contribution in [3.63, 3.8) is 0 Å². The molecule has 0 amide bonds. The van der Waals surface area contributed by atoms with E-state index in [-0.39, 0.29) is 6.04 Å². The highest BCUT2D eigenvalue weighted by Gasteiger charge is 2.20. The number of rotatable bonds is 3. The second kappa shape index (κ2) is 6.06. The van der Waals surface area contributed by atoms with Crippen LogP contribution < -0.4 is 11.1 Å². The summed E-state index contributed by atoms with van der Waals surface area (Å²) in [5.41, 5.74) is 13.4. The Labute approximate surface area is 117 Å². The van der Waals surface area contributed by atoms with E-state index in [1.54, 1.807) is 0 Å². The molecule has 1 saturated heterocycles. The Morgan fingerprint density at radius 1 is 1.16 bits per heavy atom. The Hall–Kier alpha value is -0.860. The zero-order valence-electron chi connectivity index (χ0n) is 12.8. The molecule has 1 heterocycles. The number of hydrogen-bond donors (Lipinski definition) is 2. The lowest BCUT2D eigenvalue weighted by Gasteiger charge is -2.28. The maximum Gasteiger partial charge on any atom is 0.0315 e. The van der Waals surface area contributed by atoms with Crippen LogP contribution in [0.25, 0.3) is 0 Å². The van der Waals surface area contributed by atoms with E-state index in [9.17, 15) is 0 Å². The minimum Gasteiger partial charge on any atom is -0.324 e. The summed E-state index contributed by atoms with van der Waals surface area (Å²) in [6, 6.07) is 3.04. The summed E-state index contributed by atoms with van der Waals surface area (Å²) in [7, 11) is 0. The summed E-state index contributed by atoms with van der Waals surface area (Å²) in [6.07, 6.45) is 4.99. The molecule has 1 fully saturated rings. The lowest BCUT2D eigenvalue weighted by atomic mass is 9.86. The Kier molecular flexibility index (Phi) is 4.64. The quantitative estimate of drug-likeness (QED) is 0.873. The van der Waals surface area contributed by atoms with Crippen molar-refractivity contribution in [2.45, 2.75) is 65.5 Å². The summed E-state index contributed by atoms with van der Waals surface area (Å²) >= 11 is 0. The number of benzene rings is 1. The molecule has 0 bridgehead atoms. The van der Waals surface area contributed by atoms with Crippen LogP contribution in [-0.4, -0.2) is 12.6 Å². The lowest BCUT2D eigenvalue weighted by molar-refractivity contribution is 0.361. The second-order valence-electron chi connectivity index (χ2n) is 6.16. The Morgan fingerprint density at radius 3 is 2.32 bits per heavy atom. The first-order valence-corrected chi connectivity index (χ1v) is 7.57. The van der Waals surface area contributed by atoms with Crippen molar-refractivity contribution in [3.05, 3.63) is 33.9 Å². The average Bonchev–Trinajstić information content (AvgIpc) is 2.38. The first kappa shape index (κ1) is 14.5. The van der Waals surface area contributed by atoms with Crippen molar-refractivity contribution in [1.82, 2.24) is 5.32 Å². The van der Waals surface area contributed by atoms with Crippen molar-refractivity contribution in [2.75, 3.05) is 6.54 Å². The van der Waals surface area contributed by atoms with Crippen molar-refractivity contribution in [3.8, 4) is 0 Å². The smallest absolute Gasteiger partial charge is 0.0315 e. The standard InChI is InChI=1S/C17H28N2/c1-11-9-12(2)14(4)17(13(11)3)16(18)10-15-7-5-6-8-19-15/h9,15-16,19H,5-8,10,18H2,1-4H3. The number of aryl methyl sites for hydroxylation is 2. The van der Waals surface area contributed by atoms with Gasteiger partial charge in [0.05, 0.1) is 0 Å². The maximum absolute atomic E-state index is 6.53. The summed E-state index contributed by atoms with van der Waals surface area (Å²) in [6.45, 7) is 9.96. The summed E-state index contributed by atoms with van der Waals surface area (Å²) in [4.78, 5) is 0. The molecule has 0 aromatic heterocycles. The van der Waals surface area contributed by atoms with Gasteiger partial charge in [0.25, 0.3) is 0 Å². The molecular formula is C17H28N2. The molecule has 2 nitrogen and oxygen atoms in total. The Morgan fingerprint density at radius 2 is 1.79 bits per heavy atom. The van der Waals surface area contributed by atoms with Gasteiger partial charge in [0.15, 0.2) is 0 Å². The van der Waals surface area contributed by atoms with Gasteiger partial charge in [0.2, 0.25) is 0 Å². The monoisotopic (exact) mass is 260 g/mol. The van der Waals surface area contributed by atoms with Crippen LogP contribution in [-0.2, 0) is 0 Å². The van der Waals surface area contributed by atoms with Gasteiger partial charge >= 0.3 is 0 Å². The van der Waals surface area contributed by atoms with Crippen LogP contribution in [0.2, 0.25) is 0 Å². The number of nitrogens with two attached hydrogens (primary N) is 1. The molecule has 3 N–H and O–H groups in total. The van der Waals surface area contributed by atoms with E-state index >= 15 is 0 Å². The van der Waals surface area contributed by atoms with Gasteiger partial charge in [0.1, 0.15) is 0 Å². The van der Waals surface area contributed by atoms with E-state index in [1.165, 1.54) is 47.1 Å². The molecule has 106 valence electrons. The van der Waals surface area contributed by atoms with Crippen molar-refractivity contribution < 1.29 is 0 Å². The molecule has 1 aliphatic heterocycles. The highest BCUT2D eigenvalue weighted by molar-refractivity contribution is 5.45. The van der Waals surface area contributed by atoms with Crippen LogP contribution in [0.5, 0.6) is 0 Å². The molecule has 2 unspecified atom stereocenters. The highest BCUT2D eigenvalue weighted by atomic mass is 14.9. The van der Waals surface area contributed by atoms with E-state index in [2.05, 4.69) is 39.1 Å². The third-order valence-electron chi connectivity index (χ3n) is 4.75. The van der Waals surface area contributed by atoms with Crippen molar-refractivity contribution in [2.24, 2.45) is 5.73 Å². The van der Waals surface area contributed by atoms with E-state index in [1.807, 2.05) is 0 Å². The fraction of sp³-hybridized carbons (Fsp3) is 0.647. The largest absolute Gasteiger partial charge is 0.324 e. The van der Waals surface area contributed by atoms with Gasteiger partial charge in [-0.25, -0.2) is 0 Å². The summed E-state index contributed by atoms with van der Waals surface area (Å²) in [5.74, 6) is 0. The van der Waals surface area contributed by atoms with E-state index in [0.29, 0.717) is 6.04 Å². The molecule has 1 aliphatic rings. The number of nitrogens with one attached hydrogen (secondary N) is 1. The topological polar surface area (TPSA) is 38.0 Å². The van der Waals surface area contributed by atoms with Gasteiger partial charge in [-0.2, -0.15) is 0 Å². The molecule has 1 aromatic carbocycles. The van der Waals surface area contributed by atoms with Crippen LogP contribution >= 0.6 is 0 Å². The molecule has 2 rings (SSSR count). The summed E-state index contributed by atoms with van der Waals surface area (Å²) < 4.78 is 0. The van der Waals surface area contributed by atoms with Crippen LogP contribution in [0.3, 0.4) is 0 Å². The van der Waals surface area contributed by atoms with Crippen molar-refractivity contribution >= 4 is 0 Å². The molecule has 0 saturated carbocycles. The highest BCUT2D eigenvalue weighted by Crippen LogP contribution is 2.29. The second-order valence-corrected chi connectivity index (χ2v) is 6.16. The lowest BCUT2D eigenvalue weighted by Crippen LogP contribution is -2.36. The molecule has 2 heteroatoms. The predicted octanol–water partition coefficient (Wildman–Crippen LogP) is 3.45. The molecule has 0 radical (unpaired) electrons. The molecule has 1 aromatic rings. The molecule has 19 heavy (non-hydrogen) atoms. The minimum absolute atomic E-state index is 0.161. The van der Waals surface area contributed by atoms with Crippen LogP contribution in [0, 0.1) is 27.7 Å². The van der Waals surface area contributed by atoms with Crippen LogP contribution in [0.4, 0.5) is 0 Å². The van der Waals surface area contributed by atoms with Gasteiger partial charge in [0, 0.05) is 12.1 Å². The van der Waals surface area contributed by atoms with Gasteiger partial charge < -0.3 is 11.1 Å². The van der Waals surface area contributed by atoms with E-state index in [0.717, 1.165) is 13.0 Å². The average molecular weight is 260 g/mol. The van der Waals surface area contributed by atoms with Gasteiger partial charge in [-0.3, -0.25) is 0 Å². The van der Waals surface area contributed by atoms with Crippen molar-refractivity contribution in [1.29, 1.82) is 0 Å². The molecular weight excluding hydrogens is 232 g/mol.